The van der Waals surface area contributed by atoms with E-state index in [1.54, 1.807) is 18.6 Å². The summed E-state index contributed by atoms with van der Waals surface area (Å²) in [5.74, 6) is 0.485. The summed E-state index contributed by atoms with van der Waals surface area (Å²) in [4.78, 5) is 20.5. The highest BCUT2D eigenvalue weighted by atomic mass is 16.2. The lowest BCUT2D eigenvalue weighted by molar-refractivity contribution is 0.0919. The Balaban J connectivity index is 1.53. The maximum absolute atomic E-state index is 12.2. The lowest BCUT2D eigenvalue weighted by Crippen LogP contribution is -2.44. The molecule has 1 saturated carbocycles. The predicted octanol–water partition coefficient (Wildman–Crippen LogP) is 0.209. The zero-order valence-corrected chi connectivity index (χ0v) is 10.4. The van der Waals surface area contributed by atoms with Gasteiger partial charge in [-0.15, -0.1) is 0 Å². The average molecular weight is 257 g/mol. The van der Waals surface area contributed by atoms with Crippen LogP contribution in [0.4, 0.5) is 0 Å². The van der Waals surface area contributed by atoms with Crippen LogP contribution in [-0.2, 0) is 0 Å². The van der Waals surface area contributed by atoms with Gasteiger partial charge in [0.05, 0.1) is 6.20 Å². The Bertz CT molecular complexity index is 637. The molecule has 98 valence electrons. The predicted molar refractivity (Wildman–Crippen MR) is 68.8 cm³/mol. The Labute approximate surface area is 110 Å². The Morgan fingerprint density at radius 1 is 1.42 bits per heavy atom. The summed E-state index contributed by atoms with van der Waals surface area (Å²) in [5, 5.41) is 6.55. The minimum atomic E-state index is -0.0897. The lowest BCUT2D eigenvalue weighted by atomic mass is 10.0. The first kappa shape index (κ1) is 10.9. The van der Waals surface area contributed by atoms with Crippen LogP contribution in [0, 0.1) is 5.92 Å². The molecule has 2 aliphatic rings. The normalized spacial score (nSPS) is 28.9. The summed E-state index contributed by atoms with van der Waals surface area (Å²) in [6.07, 6.45) is 9.07. The van der Waals surface area contributed by atoms with Gasteiger partial charge in [0.2, 0.25) is 0 Å². The fourth-order valence-corrected chi connectivity index (χ4v) is 3.20. The molecule has 2 bridgehead atoms. The van der Waals surface area contributed by atoms with E-state index in [1.165, 1.54) is 6.42 Å². The monoisotopic (exact) mass is 257 g/mol. The fourth-order valence-electron chi connectivity index (χ4n) is 3.20. The maximum Gasteiger partial charge on any atom is 0.271 e. The van der Waals surface area contributed by atoms with E-state index in [1.807, 2.05) is 10.6 Å². The number of amides is 1. The molecule has 2 fully saturated rings. The van der Waals surface area contributed by atoms with Crippen LogP contribution in [0.15, 0.2) is 24.8 Å². The Hall–Kier alpha value is -1.95. The van der Waals surface area contributed by atoms with Crippen LogP contribution in [0.2, 0.25) is 0 Å². The number of imidazole rings is 1. The Morgan fingerprint density at radius 3 is 3.16 bits per heavy atom. The molecule has 19 heavy (non-hydrogen) atoms. The number of aromatic nitrogens is 3. The highest BCUT2D eigenvalue weighted by molar-refractivity contribution is 5.92. The standard InChI is InChI=1S/C13H15N5O/c19-13(17-10-4-9-3-8(10)5-15-9)11-7-18-2-1-14-12(18)6-16-11/h1-2,6-10,15H,3-5H2,(H,17,19)/t8-,9-,10-/m1/s1. The van der Waals surface area contributed by atoms with Crippen molar-refractivity contribution in [2.45, 2.75) is 24.9 Å². The maximum atomic E-state index is 12.2. The van der Waals surface area contributed by atoms with Crippen LogP contribution >= 0.6 is 0 Å². The van der Waals surface area contributed by atoms with Crippen molar-refractivity contribution in [1.29, 1.82) is 0 Å². The van der Waals surface area contributed by atoms with Crippen molar-refractivity contribution < 1.29 is 4.79 Å². The first-order chi connectivity index (χ1) is 9.29. The van der Waals surface area contributed by atoms with Gasteiger partial charge < -0.3 is 15.0 Å². The van der Waals surface area contributed by atoms with Crippen molar-refractivity contribution >= 4 is 11.6 Å². The summed E-state index contributed by atoms with van der Waals surface area (Å²) >= 11 is 0. The van der Waals surface area contributed by atoms with Crippen LogP contribution in [0.3, 0.4) is 0 Å². The first-order valence-electron chi connectivity index (χ1n) is 6.62. The molecule has 2 N–H and O–H groups in total. The summed E-state index contributed by atoms with van der Waals surface area (Å²) in [6.45, 7) is 1.02. The first-order valence-corrected chi connectivity index (χ1v) is 6.62. The van der Waals surface area contributed by atoms with Gasteiger partial charge in [-0.25, -0.2) is 9.97 Å². The number of carbonyl (C=O) groups is 1. The number of carbonyl (C=O) groups excluding carboxylic acids is 1. The van der Waals surface area contributed by atoms with Gasteiger partial charge in [-0.05, 0) is 18.8 Å². The molecule has 0 spiro atoms. The molecule has 3 heterocycles. The van der Waals surface area contributed by atoms with E-state index >= 15 is 0 Å². The number of hydrogen-bond acceptors (Lipinski definition) is 4. The number of piperidine rings is 1. The van der Waals surface area contributed by atoms with Gasteiger partial charge in [0, 0.05) is 37.2 Å². The molecule has 1 amide bonds. The molecule has 0 unspecified atom stereocenters. The zero-order valence-electron chi connectivity index (χ0n) is 10.4. The summed E-state index contributed by atoms with van der Waals surface area (Å²) in [6, 6.07) is 0.874. The zero-order chi connectivity index (χ0) is 12.8. The minimum absolute atomic E-state index is 0.0897. The molecule has 6 nitrogen and oxygen atoms in total. The summed E-state index contributed by atoms with van der Waals surface area (Å²) < 4.78 is 1.81. The second-order valence-corrected chi connectivity index (χ2v) is 5.38. The van der Waals surface area contributed by atoms with E-state index in [0.717, 1.165) is 18.6 Å². The third-order valence-electron chi connectivity index (χ3n) is 4.19. The summed E-state index contributed by atoms with van der Waals surface area (Å²) in [7, 11) is 0. The average Bonchev–Trinajstić information content (AvgIpc) is 3.13. The van der Waals surface area contributed by atoms with E-state index in [0.29, 0.717) is 23.7 Å². The highest BCUT2D eigenvalue weighted by Crippen LogP contribution is 2.31. The molecular formula is C13H15N5O. The van der Waals surface area contributed by atoms with Gasteiger partial charge in [-0.2, -0.15) is 0 Å². The molecule has 4 rings (SSSR count). The van der Waals surface area contributed by atoms with Gasteiger partial charge in [0.1, 0.15) is 5.69 Å². The minimum Gasteiger partial charge on any atom is -0.348 e. The third-order valence-corrected chi connectivity index (χ3v) is 4.19. The van der Waals surface area contributed by atoms with E-state index in [2.05, 4.69) is 20.6 Å². The van der Waals surface area contributed by atoms with Gasteiger partial charge in [-0.1, -0.05) is 0 Å². The summed E-state index contributed by atoms with van der Waals surface area (Å²) in [5.41, 5.74) is 1.20. The number of hydrogen-bond donors (Lipinski definition) is 2. The van der Waals surface area contributed by atoms with Crippen molar-refractivity contribution in [3.8, 4) is 0 Å². The number of nitrogens with one attached hydrogen (secondary N) is 2. The molecular weight excluding hydrogens is 242 g/mol. The molecule has 6 heteroatoms. The fraction of sp³-hybridized carbons (Fsp3) is 0.462. The SMILES string of the molecule is O=C(N[C@@H]1C[C@H]2C[C@@H]1CN2)c1cn2ccnc2cn1. The van der Waals surface area contributed by atoms with Crippen LogP contribution in [-0.4, -0.2) is 38.9 Å². The number of fused-ring (bicyclic) bond motifs is 3. The van der Waals surface area contributed by atoms with E-state index < -0.39 is 0 Å². The molecule has 1 aliphatic heterocycles. The van der Waals surface area contributed by atoms with Crippen LogP contribution in [0.5, 0.6) is 0 Å². The molecule has 2 aromatic rings. The second-order valence-electron chi connectivity index (χ2n) is 5.38. The van der Waals surface area contributed by atoms with Gasteiger partial charge in [0.25, 0.3) is 5.91 Å². The van der Waals surface area contributed by atoms with Gasteiger partial charge in [0.15, 0.2) is 5.65 Å². The van der Waals surface area contributed by atoms with Crippen molar-refractivity contribution in [2.24, 2.45) is 5.92 Å². The number of rotatable bonds is 2. The molecule has 3 atom stereocenters. The lowest BCUT2D eigenvalue weighted by Gasteiger charge is -2.23. The van der Waals surface area contributed by atoms with Gasteiger partial charge >= 0.3 is 0 Å². The van der Waals surface area contributed by atoms with Crippen molar-refractivity contribution in [3.63, 3.8) is 0 Å². The van der Waals surface area contributed by atoms with Crippen LogP contribution < -0.4 is 10.6 Å². The van der Waals surface area contributed by atoms with Crippen molar-refractivity contribution in [3.05, 3.63) is 30.5 Å². The molecule has 2 aromatic heterocycles. The third kappa shape index (κ3) is 1.79. The van der Waals surface area contributed by atoms with Gasteiger partial charge in [-0.3, -0.25) is 4.79 Å². The molecule has 1 saturated heterocycles. The molecule has 0 aromatic carbocycles. The Morgan fingerprint density at radius 2 is 2.37 bits per heavy atom. The smallest absolute Gasteiger partial charge is 0.271 e. The van der Waals surface area contributed by atoms with E-state index in [4.69, 9.17) is 0 Å². The van der Waals surface area contributed by atoms with E-state index in [-0.39, 0.29) is 5.91 Å². The quantitative estimate of drug-likeness (QED) is 0.807. The van der Waals surface area contributed by atoms with Crippen LogP contribution in [0.25, 0.3) is 5.65 Å². The van der Waals surface area contributed by atoms with Crippen LogP contribution in [0.1, 0.15) is 23.3 Å². The van der Waals surface area contributed by atoms with Crippen molar-refractivity contribution in [1.82, 2.24) is 25.0 Å². The number of nitrogens with zero attached hydrogens (tertiary/aromatic N) is 3. The molecule has 0 radical (unpaired) electrons. The second kappa shape index (κ2) is 4.03. The largest absolute Gasteiger partial charge is 0.348 e. The highest BCUT2D eigenvalue weighted by Gasteiger charge is 2.40. The van der Waals surface area contributed by atoms with E-state index in [9.17, 15) is 4.79 Å². The Kier molecular flexibility index (Phi) is 2.32. The topological polar surface area (TPSA) is 71.3 Å². The van der Waals surface area contributed by atoms with Crippen molar-refractivity contribution in [2.75, 3.05) is 6.54 Å². The molecule has 1 aliphatic carbocycles.